The fourth-order valence-corrected chi connectivity index (χ4v) is 7.69. The van der Waals surface area contributed by atoms with E-state index in [4.69, 9.17) is 4.74 Å². The molecule has 47 heavy (non-hydrogen) atoms. The Hall–Kier alpha value is -3.93. The number of nitrogens with one attached hydrogen (secondary N) is 3. The summed E-state index contributed by atoms with van der Waals surface area (Å²) in [7, 11) is 0. The Labute approximate surface area is 279 Å². The van der Waals surface area contributed by atoms with Crippen molar-refractivity contribution >= 4 is 34.2 Å². The Kier molecular flexibility index (Phi) is 10.7. The number of carbonyl (C=O) groups is 3. The van der Waals surface area contributed by atoms with Crippen molar-refractivity contribution in [2.24, 2.45) is 11.3 Å². The van der Waals surface area contributed by atoms with E-state index in [1.165, 1.54) is 17.4 Å². The van der Waals surface area contributed by atoms with Crippen LogP contribution in [0.15, 0.2) is 72.9 Å². The summed E-state index contributed by atoms with van der Waals surface area (Å²) >= 11 is 1.35. The predicted octanol–water partition coefficient (Wildman–Crippen LogP) is 4.49. The first-order valence-corrected chi connectivity index (χ1v) is 17.3. The van der Waals surface area contributed by atoms with Gasteiger partial charge in [0.2, 0.25) is 17.7 Å². The molecule has 0 aliphatic carbocycles. The summed E-state index contributed by atoms with van der Waals surface area (Å²) in [5.41, 5.74) is 0.967. The molecule has 0 radical (unpaired) electrons. The molecule has 3 atom stereocenters. The summed E-state index contributed by atoms with van der Waals surface area (Å²) in [4.78, 5) is 48.0. The number of hydrogen-bond acceptors (Lipinski definition) is 7. The van der Waals surface area contributed by atoms with Gasteiger partial charge >= 0.3 is 0 Å². The second-order valence-electron chi connectivity index (χ2n) is 12.9. The number of ether oxygens (including phenoxy) is 1. The van der Waals surface area contributed by atoms with Crippen molar-refractivity contribution in [1.29, 1.82) is 0 Å². The number of nitrogens with zero attached hydrogens (tertiary/aromatic N) is 2. The van der Waals surface area contributed by atoms with Crippen molar-refractivity contribution < 1.29 is 23.5 Å². The van der Waals surface area contributed by atoms with E-state index >= 15 is 0 Å². The van der Waals surface area contributed by atoms with Crippen LogP contribution < -0.4 is 16.0 Å². The second kappa shape index (κ2) is 15.3. The average molecular weight is 660 g/mol. The molecular weight excluding hydrogens is 617 g/mol. The Morgan fingerprint density at radius 3 is 2.66 bits per heavy atom. The lowest BCUT2D eigenvalue weighted by molar-refractivity contribution is -0.140. The molecule has 2 saturated heterocycles. The summed E-state index contributed by atoms with van der Waals surface area (Å²) in [6.07, 6.45) is 9.99. The van der Waals surface area contributed by atoms with Crippen molar-refractivity contribution in [2.75, 3.05) is 38.2 Å². The summed E-state index contributed by atoms with van der Waals surface area (Å²) < 4.78 is 19.7. The molecule has 0 bridgehead atoms. The number of rotatable bonds is 7. The number of anilines is 1. The van der Waals surface area contributed by atoms with Gasteiger partial charge in [-0.1, -0.05) is 60.7 Å². The molecule has 3 aliphatic rings. The predicted molar refractivity (Wildman–Crippen MR) is 179 cm³/mol. The first-order chi connectivity index (χ1) is 22.9. The summed E-state index contributed by atoms with van der Waals surface area (Å²) in [5.74, 6) is -0.575. The molecule has 3 aromatic rings. The number of allylic oxidation sites excluding steroid dienone is 2. The molecule has 0 unspecified atom stereocenters. The zero-order chi connectivity index (χ0) is 32.6. The van der Waals surface area contributed by atoms with Crippen LogP contribution in [0.4, 0.5) is 9.52 Å². The fraction of sp³-hybridized carbons (Fsp3) is 0.444. The number of halogens is 1. The third kappa shape index (κ3) is 8.51. The van der Waals surface area contributed by atoms with Gasteiger partial charge in [0.1, 0.15) is 11.9 Å². The Morgan fingerprint density at radius 2 is 1.85 bits per heavy atom. The van der Waals surface area contributed by atoms with Crippen molar-refractivity contribution in [2.45, 2.75) is 57.0 Å². The van der Waals surface area contributed by atoms with Gasteiger partial charge in [-0.15, -0.1) is 11.3 Å². The molecule has 3 aliphatic heterocycles. The molecule has 2 aromatic carbocycles. The lowest BCUT2D eigenvalue weighted by atomic mass is 9.75. The van der Waals surface area contributed by atoms with Crippen LogP contribution in [-0.4, -0.2) is 72.5 Å². The van der Waals surface area contributed by atoms with Crippen LogP contribution in [0.25, 0.3) is 0 Å². The van der Waals surface area contributed by atoms with Gasteiger partial charge in [0.15, 0.2) is 5.13 Å². The Bertz CT molecular complexity index is 1570. The fourth-order valence-electron chi connectivity index (χ4n) is 6.84. The van der Waals surface area contributed by atoms with E-state index in [0.29, 0.717) is 75.5 Å². The van der Waals surface area contributed by atoms with Gasteiger partial charge < -0.3 is 20.7 Å². The first kappa shape index (κ1) is 33.0. The highest BCUT2D eigenvalue weighted by Gasteiger charge is 2.41. The molecule has 3 amide bonds. The van der Waals surface area contributed by atoms with Crippen LogP contribution in [0, 0.1) is 17.2 Å². The lowest BCUT2D eigenvalue weighted by Crippen LogP contribution is -2.58. The quantitative estimate of drug-likeness (QED) is 0.323. The Balaban J connectivity index is 1.11. The average Bonchev–Trinajstić information content (AvgIpc) is 3.51. The molecule has 0 saturated carbocycles. The number of piperidine rings is 1. The number of likely N-dealkylation sites (tertiary alicyclic amines) is 1. The zero-order valence-corrected chi connectivity index (χ0v) is 27.3. The number of aromatic nitrogens is 1. The van der Waals surface area contributed by atoms with Crippen LogP contribution in [0.1, 0.15) is 48.1 Å². The lowest BCUT2D eigenvalue weighted by Gasteiger charge is -2.40. The van der Waals surface area contributed by atoms with Crippen LogP contribution in [0.2, 0.25) is 0 Å². The summed E-state index contributed by atoms with van der Waals surface area (Å²) in [6.45, 7) is 2.54. The number of carbonyl (C=O) groups excluding carboxylic acids is 3. The number of fused-ring (bicyclic) bond motifs is 1. The highest BCUT2D eigenvalue weighted by molar-refractivity contribution is 7.15. The molecule has 2 fully saturated rings. The molecule has 1 spiro atoms. The van der Waals surface area contributed by atoms with Crippen LogP contribution >= 0.6 is 11.3 Å². The van der Waals surface area contributed by atoms with E-state index in [2.05, 4.69) is 38.0 Å². The van der Waals surface area contributed by atoms with E-state index in [-0.39, 0.29) is 42.0 Å². The van der Waals surface area contributed by atoms with Crippen molar-refractivity contribution in [1.82, 2.24) is 20.5 Å². The molecule has 1 aromatic heterocycles. The molecular formula is C36H42FN5O4S. The third-order valence-electron chi connectivity index (χ3n) is 9.59. The maximum Gasteiger partial charge on any atom is 0.243 e. The number of hydrogen-bond donors (Lipinski definition) is 3. The van der Waals surface area contributed by atoms with Crippen molar-refractivity contribution in [3.8, 4) is 0 Å². The van der Waals surface area contributed by atoms with E-state index < -0.39 is 11.5 Å². The Morgan fingerprint density at radius 1 is 1.06 bits per heavy atom. The topological polar surface area (TPSA) is 113 Å². The van der Waals surface area contributed by atoms with Gasteiger partial charge in [0, 0.05) is 56.3 Å². The summed E-state index contributed by atoms with van der Waals surface area (Å²) in [5, 5.41) is 9.82. The maximum absolute atomic E-state index is 14.1. The van der Waals surface area contributed by atoms with Crippen LogP contribution in [0.3, 0.4) is 0 Å². The van der Waals surface area contributed by atoms with E-state index in [9.17, 15) is 18.8 Å². The normalized spacial score (nSPS) is 24.2. The van der Waals surface area contributed by atoms with Gasteiger partial charge in [0.25, 0.3) is 0 Å². The number of amides is 3. The van der Waals surface area contributed by atoms with Gasteiger partial charge in [-0.2, -0.15) is 0 Å². The minimum Gasteiger partial charge on any atom is -0.381 e. The largest absolute Gasteiger partial charge is 0.381 e. The molecule has 6 rings (SSSR count). The molecule has 4 heterocycles. The van der Waals surface area contributed by atoms with Gasteiger partial charge in [-0.05, 0) is 55.2 Å². The van der Waals surface area contributed by atoms with Crippen LogP contribution in [0.5, 0.6) is 0 Å². The van der Waals surface area contributed by atoms with Crippen LogP contribution in [-0.2, 0) is 32.0 Å². The molecule has 9 nitrogen and oxygen atoms in total. The summed E-state index contributed by atoms with van der Waals surface area (Å²) in [6, 6.07) is 15.6. The number of benzene rings is 2. The van der Waals surface area contributed by atoms with E-state index in [1.807, 2.05) is 30.3 Å². The second-order valence-corrected chi connectivity index (χ2v) is 14.0. The minimum atomic E-state index is -0.695. The zero-order valence-electron chi connectivity index (χ0n) is 26.5. The maximum atomic E-state index is 14.1. The van der Waals surface area contributed by atoms with E-state index in [0.717, 1.165) is 16.9 Å². The van der Waals surface area contributed by atoms with Gasteiger partial charge in [-0.3, -0.25) is 19.3 Å². The molecule has 3 N–H and O–H groups in total. The van der Waals surface area contributed by atoms with Crippen molar-refractivity contribution in [3.63, 3.8) is 0 Å². The minimum absolute atomic E-state index is 0.0842. The van der Waals surface area contributed by atoms with E-state index in [1.54, 1.807) is 24.4 Å². The number of thiazole rings is 1. The third-order valence-corrected chi connectivity index (χ3v) is 10.5. The monoisotopic (exact) mass is 659 g/mol. The van der Waals surface area contributed by atoms with Crippen molar-refractivity contribution in [3.05, 3.63) is 94.8 Å². The van der Waals surface area contributed by atoms with Gasteiger partial charge in [-0.25, -0.2) is 9.37 Å². The smallest absolute Gasteiger partial charge is 0.243 e. The SMILES string of the molecule is O=C(CN1CC[C@@H]2NC(=O)[C@@H](Cc3ccccc3)NC(=O)C3(C/C=C/C[C@@H]2C1)CCOCC3)Nc1ncc(Cc2ccccc2F)s1. The first-order valence-electron chi connectivity index (χ1n) is 16.5. The molecule has 248 valence electrons. The standard InChI is InChI=1S/C36H42FN5O4S/c37-29-12-5-4-10-26(29)21-28-22-38-35(47-28)41-32(43)24-42-17-13-30-27(23-42)11-6-7-14-36(15-18-46-19-16-36)34(45)40-31(33(44)39-30)20-25-8-2-1-3-9-25/h1-10,12,22,27,30-31H,11,13-21,23-24H2,(H,39,44)(H,40,45)(H,38,41,43)/b7-6+/t27-,30+,31-/m1/s1. The highest BCUT2D eigenvalue weighted by Crippen LogP contribution is 2.36. The highest BCUT2D eigenvalue weighted by atomic mass is 32.1. The molecule has 11 heteroatoms. The van der Waals surface area contributed by atoms with Gasteiger partial charge in [0.05, 0.1) is 12.0 Å².